The van der Waals surface area contributed by atoms with E-state index in [0.717, 1.165) is 10.9 Å². The molecular weight excluding hydrogens is 372 g/mol. The highest BCUT2D eigenvalue weighted by Crippen LogP contribution is 2.16. The summed E-state index contributed by atoms with van der Waals surface area (Å²) in [6.45, 7) is 3.88. The molecule has 2 amide bonds. The summed E-state index contributed by atoms with van der Waals surface area (Å²) in [4.78, 5) is 29.3. The van der Waals surface area contributed by atoms with Gasteiger partial charge in [0, 0.05) is 31.3 Å². The van der Waals surface area contributed by atoms with E-state index in [0.29, 0.717) is 31.0 Å². The first-order chi connectivity index (χ1) is 14.0. The Morgan fingerprint density at radius 1 is 1.21 bits per heavy atom. The fraction of sp³-hybridized carbons (Fsp3) is 0.400. The van der Waals surface area contributed by atoms with Gasteiger partial charge >= 0.3 is 0 Å². The van der Waals surface area contributed by atoms with Crippen LogP contribution in [-0.4, -0.2) is 69.2 Å². The highest BCUT2D eigenvalue weighted by molar-refractivity contribution is 5.85. The van der Waals surface area contributed by atoms with Gasteiger partial charge in [0.2, 0.25) is 11.8 Å². The zero-order chi connectivity index (χ0) is 20.4. The summed E-state index contributed by atoms with van der Waals surface area (Å²) in [7, 11) is 1.90. The summed E-state index contributed by atoms with van der Waals surface area (Å²) in [5.74, 6) is -0.132. The van der Waals surface area contributed by atoms with Crippen molar-refractivity contribution in [2.24, 2.45) is 0 Å². The molecule has 0 spiro atoms. The van der Waals surface area contributed by atoms with Crippen molar-refractivity contribution in [2.45, 2.75) is 26.1 Å². The number of amides is 2. The maximum Gasteiger partial charge on any atom is 0.242 e. The minimum atomic E-state index is -0.408. The molecule has 1 atom stereocenters. The van der Waals surface area contributed by atoms with E-state index in [4.69, 9.17) is 0 Å². The van der Waals surface area contributed by atoms with Crippen LogP contribution in [0.25, 0.3) is 10.9 Å². The Balaban J connectivity index is 1.39. The lowest BCUT2D eigenvalue weighted by Crippen LogP contribution is -2.59. The molecule has 1 N–H and O–H groups in total. The zero-order valence-electron chi connectivity index (χ0n) is 16.5. The quantitative estimate of drug-likeness (QED) is 0.685. The van der Waals surface area contributed by atoms with Crippen molar-refractivity contribution in [1.29, 1.82) is 0 Å². The van der Waals surface area contributed by atoms with Crippen LogP contribution in [0.3, 0.4) is 0 Å². The lowest BCUT2D eigenvalue weighted by Gasteiger charge is -2.38. The Kier molecular flexibility index (Phi) is 5.30. The van der Waals surface area contributed by atoms with Crippen LogP contribution in [0.1, 0.15) is 11.4 Å². The van der Waals surface area contributed by atoms with Crippen LogP contribution < -0.4 is 5.32 Å². The van der Waals surface area contributed by atoms with Crippen LogP contribution in [-0.2, 0) is 22.7 Å². The van der Waals surface area contributed by atoms with Crippen LogP contribution >= 0.6 is 0 Å². The van der Waals surface area contributed by atoms with E-state index in [9.17, 15) is 9.59 Å². The second kappa shape index (κ2) is 8.04. The molecule has 4 rings (SSSR count). The average molecular weight is 396 g/mol. The third-order valence-corrected chi connectivity index (χ3v) is 5.47. The number of aromatic nitrogens is 3. The Morgan fingerprint density at radius 3 is 2.83 bits per heavy atom. The standard InChI is InChI=1S/C20H24N6O3/c1-14-16(23-29-22-14)11-21-20(28)18-12-26(10-9-24(18)2)19(27)13-25-8-7-15-5-3-4-6-17(15)25/h3-8,18H,9-13H2,1-2H3,(H,21,28)/t18-/m1/s1. The largest absolute Gasteiger partial charge is 0.349 e. The van der Waals surface area contributed by atoms with Gasteiger partial charge in [-0.2, -0.15) is 0 Å². The van der Waals surface area contributed by atoms with Gasteiger partial charge < -0.3 is 14.8 Å². The molecule has 0 radical (unpaired) electrons. The molecule has 1 aliphatic rings. The summed E-state index contributed by atoms with van der Waals surface area (Å²) in [5.41, 5.74) is 2.28. The third-order valence-electron chi connectivity index (χ3n) is 5.47. The molecule has 0 unspecified atom stereocenters. The number of fused-ring (bicyclic) bond motifs is 1. The number of benzene rings is 1. The number of nitrogens with one attached hydrogen (secondary N) is 1. The topological polar surface area (TPSA) is 96.5 Å². The van der Waals surface area contributed by atoms with Gasteiger partial charge in [-0.15, -0.1) is 0 Å². The van der Waals surface area contributed by atoms with Crippen LogP contribution in [0.4, 0.5) is 0 Å². The summed E-state index contributed by atoms with van der Waals surface area (Å²) < 4.78 is 6.61. The average Bonchev–Trinajstić information content (AvgIpc) is 3.32. The van der Waals surface area contributed by atoms with Crippen LogP contribution in [0.5, 0.6) is 0 Å². The fourth-order valence-electron chi connectivity index (χ4n) is 3.61. The van der Waals surface area contributed by atoms with E-state index in [2.05, 4.69) is 20.3 Å². The third kappa shape index (κ3) is 4.00. The van der Waals surface area contributed by atoms with Gasteiger partial charge in [0.1, 0.15) is 24.0 Å². The predicted molar refractivity (Wildman–Crippen MR) is 106 cm³/mol. The molecule has 9 heteroatoms. The van der Waals surface area contributed by atoms with Crippen LogP contribution in [0.15, 0.2) is 41.2 Å². The lowest BCUT2D eigenvalue weighted by atomic mass is 10.1. The van der Waals surface area contributed by atoms with E-state index >= 15 is 0 Å². The number of hydrogen-bond donors (Lipinski definition) is 1. The minimum Gasteiger partial charge on any atom is -0.349 e. The molecule has 1 aliphatic heterocycles. The van der Waals surface area contributed by atoms with E-state index in [1.807, 2.05) is 53.0 Å². The fourth-order valence-corrected chi connectivity index (χ4v) is 3.61. The molecule has 1 saturated heterocycles. The molecule has 1 fully saturated rings. The van der Waals surface area contributed by atoms with Gasteiger partial charge in [0.05, 0.1) is 6.54 Å². The Hall–Kier alpha value is -3.20. The van der Waals surface area contributed by atoms with Crippen molar-refractivity contribution >= 4 is 22.7 Å². The maximum absolute atomic E-state index is 12.9. The molecule has 0 aliphatic carbocycles. The van der Waals surface area contributed by atoms with Gasteiger partial charge in [-0.25, -0.2) is 4.63 Å². The molecule has 29 heavy (non-hydrogen) atoms. The first kappa shape index (κ1) is 19.1. The Bertz CT molecular complexity index is 1030. The van der Waals surface area contributed by atoms with E-state index in [1.54, 1.807) is 11.8 Å². The number of carbonyl (C=O) groups excluding carboxylic acids is 2. The van der Waals surface area contributed by atoms with E-state index in [-0.39, 0.29) is 24.9 Å². The molecule has 152 valence electrons. The molecule has 9 nitrogen and oxygen atoms in total. The predicted octanol–water partition coefficient (Wildman–Crippen LogP) is 0.792. The SMILES string of the molecule is Cc1nonc1CNC(=O)[C@H]1CN(C(=O)Cn2ccc3ccccc32)CCN1C. The van der Waals surface area contributed by atoms with Crippen molar-refractivity contribution in [2.75, 3.05) is 26.7 Å². The molecule has 0 bridgehead atoms. The van der Waals surface area contributed by atoms with Gasteiger partial charge in [-0.3, -0.25) is 14.5 Å². The number of para-hydroxylation sites is 1. The first-order valence-electron chi connectivity index (χ1n) is 9.60. The molecular formula is C20H24N6O3. The van der Waals surface area contributed by atoms with Crippen molar-refractivity contribution < 1.29 is 14.2 Å². The van der Waals surface area contributed by atoms with E-state index in [1.165, 1.54) is 0 Å². The van der Waals surface area contributed by atoms with E-state index < -0.39 is 6.04 Å². The van der Waals surface area contributed by atoms with Gasteiger partial charge in [0.25, 0.3) is 0 Å². The monoisotopic (exact) mass is 396 g/mol. The summed E-state index contributed by atoms with van der Waals surface area (Å²) in [5, 5.41) is 11.5. The number of carbonyl (C=O) groups is 2. The van der Waals surface area contributed by atoms with Crippen molar-refractivity contribution in [3.05, 3.63) is 47.9 Å². The molecule has 3 aromatic rings. The first-order valence-corrected chi connectivity index (χ1v) is 9.60. The van der Waals surface area contributed by atoms with Gasteiger partial charge in [0.15, 0.2) is 0 Å². The van der Waals surface area contributed by atoms with Gasteiger partial charge in [-0.05, 0) is 31.5 Å². The summed E-state index contributed by atoms with van der Waals surface area (Å²) in [6.07, 6.45) is 1.93. The lowest BCUT2D eigenvalue weighted by molar-refractivity contribution is -0.138. The number of nitrogens with zero attached hydrogens (tertiary/aromatic N) is 5. The second-order valence-electron chi connectivity index (χ2n) is 7.35. The zero-order valence-corrected chi connectivity index (χ0v) is 16.5. The Labute approximate surface area is 168 Å². The maximum atomic E-state index is 12.9. The molecule has 3 heterocycles. The number of aryl methyl sites for hydroxylation is 1. The highest BCUT2D eigenvalue weighted by Gasteiger charge is 2.32. The summed E-state index contributed by atoms with van der Waals surface area (Å²) in [6, 6.07) is 9.57. The molecule has 1 aromatic carbocycles. The minimum absolute atomic E-state index is 0.00815. The molecule has 2 aromatic heterocycles. The number of likely N-dealkylation sites (N-methyl/N-ethyl adjacent to an activating group) is 1. The van der Waals surface area contributed by atoms with Crippen molar-refractivity contribution in [3.8, 4) is 0 Å². The van der Waals surface area contributed by atoms with Crippen molar-refractivity contribution in [3.63, 3.8) is 0 Å². The van der Waals surface area contributed by atoms with Crippen LogP contribution in [0.2, 0.25) is 0 Å². The second-order valence-corrected chi connectivity index (χ2v) is 7.35. The Morgan fingerprint density at radius 2 is 2.03 bits per heavy atom. The molecule has 0 saturated carbocycles. The summed E-state index contributed by atoms with van der Waals surface area (Å²) >= 11 is 0. The number of piperazine rings is 1. The van der Waals surface area contributed by atoms with Gasteiger partial charge in [-0.1, -0.05) is 28.5 Å². The number of hydrogen-bond acceptors (Lipinski definition) is 6. The normalized spacial score (nSPS) is 17.6. The number of rotatable bonds is 5. The van der Waals surface area contributed by atoms with Crippen molar-refractivity contribution in [1.82, 2.24) is 30.0 Å². The van der Waals surface area contributed by atoms with Crippen LogP contribution in [0, 0.1) is 6.92 Å². The smallest absolute Gasteiger partial charge is 0.242 e. The highest BCUT2D eigenvalue weighted by atomic mass is 16.6.